The summed E-state index contributed by atoms with van der Waals surface area (Å²) in [6, 6.07) is 47.6. The second kappa shape index (κ2) is 53.2. The summed E-state index contributed by atoms with van der Waals surface area (Å²) in [7, 11) is 0. The third-order valence-corrected chi connectivity index (χ3v) is 24.3. The van der Waals surface area contributed by atoms with Crippen LogP contribution in [0, 0.1) is 0 Å². The Morgan fingerprint density at radius 1 is 0.312 bits per heavy atom. The summed E-state index contributed by atoms with van der Waals surface area (Å²) in [5.74, 6) is -0.530. The second-order valence-electron chi connectivity index (χ2n) is 30.3. The highest BCUT2D eigenvalue weighted by molar-refractivity contribution is 7.17. The average Bonchev–Trinajstić information content (AvgIpc) is 1.70. The molecule has 676 valence electrons. The van der Waals surface area contributed by atoms with Gasteiger partial charge in [0.15, 0.2) is 0 Å². The fraction of sp³-hybridized carbons (Fsp3) is 0.360. The van der Waals surface area contributed by atoms with Gasteiger partial charge in [-0.05, 0) is 113 Å². The van der Waals surface area contributed by atoms with Crippen LogP contribution in [0.4, 0.5) is 50.4 Å². The molecule has 5 aromatic carbocycles. The number of benzene rings is 5. The molecular formula is C86H103ClN24O9S8. The summed E-state index contributed by atoms with van der Waals surface area (Å²) >= 11 is 16.3. The van der Waals surface area contributed by atoms with Gasteiger partial charge < -0.3 is 63.5 Å². The number of carbonyl (C=O) groups is 7. The van der Waals surface area contributed by atoms with Crippen LogP contribution in [-0.4, -0.2) is 159 Å². The van der Waals surface area contributed by atoms with E-state index in [0.29, 0.717) is 117 Å². The molecular weight excluding hydrogens is 1810 g/mol. The van der Waals surface area contributed by atoms with Crippen molar-refractivity contribution in [1.82, 2.24) is 81.0 Å². The third kappa shape index (κ3) is 40.5. The standard InChI is InChI=1S/C29H33N7O4S2.C25H26N6O2S2.C14H22N6O2S2.C10H15N5S2.C8H7ClO/c1-29(2,3)40-28(39)36(16-14-24-32-34-26(41-24)30-22(37)18-20-10-6-4-7-11-20)17-15-25-33-35-27(42-25)31-23(38)19-21-12-8-5-9-13-21;32-20(16-18-10-4-1-5-11-18)26-24-30-28-22(34-24)14-8-3-9-15-23-29-31-25(35-23)27-21(33)17-19-12-6-2-7-13-19;1-14(2,3)22-13(21)20(6-4-10-17-8-9(15)23-10)7-5-11-18-19-12(16)24-11;11-7-6-13-8(16-7)4-2-1-3-5-9-14-15-10(12)17-9;9-8(10)6-7-4-2-1-3-5-7/h4-13H,14-19H2,1-3H3,(H,30,34,37)(H,31,35,38);1-2,4-7,10-13H,3,8-9,14-17H2,(H,26,30,32)(H,27,31,33);8H,4-7,15H2,1-3H3,(H2,16,19);6H,1-5,11H2,(H2,12,15);1-5H,6H2. The molecule has 42 heteroatoms. The molecule has 8 heterocycles. The van der Waals surface area contributed by atoms with Crippen molar-refractivity contribution in [3.05, 3.63) is 232 Å². The van der Waals surface area contributed by atoms with E-state index < -0.39 is 17.3 Å². The van der Waals surface area contributed by atoms with Crippen LogP contribution in [-0.2, 0) is 117 Å². The number of nitrogens with one attached hydrogen (secondary N) is 4. The number of thiazole rings is 2. The topological polar surface area (TPSA) is 477 Å². The monoisotopic (exact) mass is 1910 g/mol. The number of carbonyl (C=O) groups excluding carboxylic acids is 7. The second-order valence-corrected chi connectivity index (χ2v) is 39.5. The Hall–Kier alpha value is -11.7. The minimum absolute atomic E-state index is 0.0911. The molecule has 8 aromatic heterocycles. The van der Waals surface area contributed by atoms with Gasteiger partial charge >= 0.3 is 12.2 Å². The Labute approximate surface area is 779 Å². The van der Waals surface area contributed by atoms with Crippen molar-refractivity contribution in [2.45, 2.75) is 175 Å². The van der Waals surface area contributed by atoms with Gasteiger partial charge in [-0.1, -0.05) is 233 Å². The molecule has 0 aliphatic carbocycles. The van der Waals surface area contributed by atoms with Gasteiger partial charge in [-0.15, -0.1) is 83.9 Å². The Morgan fingerprint density at radius 3 is 0.812 bits per heavy atom. The summed E-state index contributed by atoms with van der Waals surface area (Å²) in [5, 5.41) is 70.9. The molecule has 6 amide bonds. The maximum Gasteiger partial charge on any atom is 0.410 e. The largest absolute Gasteiger partial charge is 0.444 e. The molecule has 0 bridgehead atoms. The van der Waals surface area contributed by atoms with Crippen molar-refractivity contribution in [2.24, 2.45) is 0 Å². The number of anilines is 8. The van der Waals surface area contributed by atoms with Gasteiger partial charge in [-0.2, -0.15) is 0 Å². The van der Waals surface area contributed by atoms with E-state index in [1.165, 1.54) is 85.8 Å². The van der Waals surface area contributed by atoms with Crippen molar-refractivity contribution in [2.75, 3.05) is 70.4 Å². The maximum absolute atomic E-state index is 13.0. The van der Waals surface area contributed by atoms with Crippen LogP contribution in [0.5, 0.6) is 0 Å². The first-order chi connectivity index (χ1) is 61.5. The van der Waals surface area contributed by atoms with Crippen molar-refractivity contribution in [1.29, 1.82) is 0 Å². The molecule has 13 rings (SSSR count). The highest BCUT2D eigenvalue weighted by Gasteiger charge is 2.26. The molecule has 0 unspecified atom stereocenters. The van der Waals surface area contributed by atoms with E-state index in [1.54, 1.807) is 33.5 Å². The highest BCUT2D eigenvalue weighted by atomic mass is 35.5. The molecule has 128 heavy (non-hydrogen) atoms. The van der Waals surface area contributed by atoms with E-state index in [0.717, 1.165) is 121 Å². The van der Waals surface area contributed by atoms with Crippen LogP contribution in [0.3, 0.4) is 0 Å². The predicted molar refractivity (Wildman–Crippen MR) is 510 cm³/mol. The van der Waals surface area contributed by atoms with Gasteiger partial charge in [0.2, 0.25) is 59.7 Å². The quantitative estimate of drug-likeness (QED) is 0.0132. The van der Waals surface area contributed by atoms with Crippen molar-refractivity contribution in [3.63, 3.8) is 0 Å². The number of halogens is 1. The van der Waals surface area contributed by atoms with Crippen molar-refractivity contribution < 1.29 is 43.0 Å². The molecule has 0 atom stereocenters. The zero-order chi connectivity index (χ0) is 91.5. The lowest BCUT2D eigenvalue weighted by Crippen LogP contribution is -2.39. The summed E-state index contributed by atoms with van der Waals surface area (Å²) in [4.78, 5) is 96.5. The van der Waals surface area contributed by atoms with Crippen LogP contribution in [0.15, 0.2) is 164 Å². The summed E-state index contributed by atoms with van der Waals surface area (Å²) < 4.78 is 11.1. The smallest absolute Gasteiger partial charge is 0.410 e. The highest BCUT2D eigenvalue weighted by Crippen LogP contribution is 2.26. The molecule has 33 nitrogen and oxygen atoms in total. The van der Waals surface area contributed by atoms with E-state index >= 15 is 0 Å². The normalized spacial score (nSPS) is 10.9. The van der Waals surface area contributed by atoms with Crippen LogP contribution < -0.4 is 44.2 Å². The van der Waals surface area contributed by atoms with E-state index in [9.17, 15) is 33.6 Å². The van der Waals surface area contributed by atoms with E-state index in [1.807, 2.05) is 193 Å². The van der Waals surface area contributed by atoms with E-state index in [2.05, 4.69) is 92.4 Å². The Morgan fingerprint density at radius 2 is 0.555 bits per heavy atom. The average molecular weight is 1910 g/mol. The number of nitrogen functional groups attached to an aromatic ring is 4. The first-order valence-corrected chi connectivity index (χ1v) is 47.8. The zero-order valence-corrected chi connectivity index (χ0v) is 78.9. The van der Waals surface area contributed by atoms with E-state index in [4.69, 9.17) is 44.0 Å². The molecule has 0 aliphatic heterocycles. The number of hydrogen-bond donors (Lipinski definition) is 8. The molecule has 0 spiro atoms. The summed E-state index contributed by atoms with van der Waals surface area (Å²) in [5.41, 5.74) is 25.9. The zero-order valence-electron chi connectivity index (χ0n) is 71.6. The Balaban J connectivity index is 0.000000193. The van der Waals surface area contributed by atoms with Gasteiger partial charge in [0.1, 0.15) is 51.3 Å². The van der Waals surface area contributed by atoms with Crippen LogP contribution in [0.2, 0.25) is 0 Å². The van der Waals surface area contributed by atoms with Gasteiger partial charge in [0.25, 0.3) is 0 Å². The number of aryl methyl sites for hydroxylation is 4. The molecule has 0 aliphatic rings. The maximum atomic E-state index is 13.0. The van der Waals surface area contributed by atoms with Gasteiger partial charge in [-0.25, -0.2) is 19.6 Å². The molecule has 0 saturated carbocycles. The number of ether oxygens (including phenoxy) is 2. The number of unbranched alkanes of at least 4 members (excludes halogenated alkanes) is 4. The Kier molecular flexibility index (Phi) is 41.6. The lowest BCUT2D eigenvalue weighted by molar-refractivity contribution is -0.116. The number of nitrogens with two attached hydrogens (primary N) is 4. The first-order valence-electron chi connectivity index (χ1n) is 40.9. The predicted octanol–water partition coefficient (Wildman–Crippen LogP) is 15.8. The van der Waals surface area contributed by atoms with Crippen LogP contribution in [0.1, 0.15) is 148 Å². The SMILES string of the molecule is CC(C)(C)OC(=O)N(CCc1ncc(N)s1)CCc1nnc(N)s1.CC(C)(C)OC(=O)N(CCc1nnc(NC(=O)Cc2ccccc2)s1)CCc1nnc(NC(=O)Cc2ccccc2)s1.Nc1cnc(CCCCCc2nnc(N)s2)s1.O=C(Cc1ccccc1)Nc1nnc(CCCCCc2nnc(NC(=O)Cc3ccccc3)s2)s1.O=C(Cl)Cc1ccccc1. The first kappa shape index (κ1) is 100. The Bertz CT molecular complexity index is 5230. The molecule has 0 fully saturated rings. The molecule has 0 saturated heterocycles. The van der Waals surface area contributed by atoms with Gasteiger partial charge in [0, 0.05) is 77.5 Å². The van der Waals surface area contributed by atoms with Crippen molar-refractivity contribution >= 4 is 184 Å². The van der Waals surface area contributed by atoms with Gasteiger partial charge in [-0.3, -0.25) is 24.0 Å². The van der Waals surface area contributed by atoms with Gasteiger partial charge in [0.05, 0.1) is 48.1 Å². The minimum atomic E-state index is -0.660. The lowest BCUT2D eigenvalue weighted by atomic mass is 10.1. The molecule has 12 N–H and O–H groups in total. The van der Waals surface area contributed by atoms with Crippen LogP contribution in [0.25, 0.3) is 0 Å². The number of nitrogens with zero attached hydrogens (tertiary/aromatic N) is 16. The summed E-state index contributed by atoms with van der Waals surface area (Å²) in [6.45, 7) is 12.6. The fourth-order valence-electron chi connectivity index (χ4n) is 11.4. The summed E-state index contributed by atoms with van der Waals surface area (Å²) in [6.07, 6.45) is 16.1. The molecule has 13 aromatic rings. The van der Waals surface area contributed by atoms with E-state index in [-0.39, 0.29) is 47.8 Å². The van der Waals surface area contributed by atoms with Crippen molar-refractivity contribution in [3.8, 4) is 0 Å². The minimum Gasteiger partial charge on any atom is -0.444 e. The lowest BCUT2D eigenvalue weighted by Gasteiger charge is -2.27. The number of aromatic nitrogens is 14. The number of amides is 6. The fourth-order valence-corrected chi connectivity index (χ4v) is 17.3. The number of rotatable bonds is 38. The number of hydrogen-bond acceptors (Lipinski definition) is 35. The third-order valence-electron chi connectivity index (χ3n) is 17.2. The van der Waals surface area contributed by atoms with Crippen LogP contribution >= 0.6 is 102 Å². The molecule has 0 radical (unpaired) electrons.